The van der Waals surface area contributed by atoms with Crippen molar-refractivity contribution in [1.29, 1.82) is 0 Å². The van der Waals surface area contributed by atoms with Crippen molar-refractivity contribution in [1.82, 2.24) is 10.2 Å². The maximum Gasteiger partial charge on any atom is 0.433 e. The first-order valence-electron chi connectivity index (χ1n) is 8.38. The van der Waals surface area contributed by atoms with E-state index in [0.717, 1.165) is 0 Å². The number of H-pyrrole nitrogens is 1. The summed E-state index contributed by atoms with van der Waals surface area (Å²) < 4.78 is 50.5. The van der Waals surface area contributed by atoms with Crippen molar-refractivity contribution < 1.29 is 43.1 Å². The van der Waals surface area contributed by atoms with Gasteiger partial charge in [0.2, 0.25) is 12.2 Å². The molecule has 3 rings (SSSR count). The number of aliphatic hydroxyl groups excluding tert-OH is 4. The molecule has 1 aromatic carbocycles. The second-order valence-corrected chi connectivity index (χ2v) is 6.36. The van der Waals surface area contributed by atoms with Crippen molar-refractivity contribution in [3.05, 3.63) is 47.2 Å². The quantitative estimate of drug-likeness (QED) is 0.482. The van der Waals surface area contributed by atoms with Gasteiger partial charge in [-0.1, -0.05) is 30.3 Å². The van der Waals surface area contributed by atoms with Crippen LogP contribution in [0.3, 0.4) is 0 Å². The summed E-state index contributed by atoms with van der Waals surface area (Å²) in [7, 11) is 0. The van der Waals surface area contributed by atoms with Crippen LogP contribution in [0.15, 0.2) is 30.3 Å². The van der Waals surface area contributed by atoms with Gasteiger partial charge in [-0.3, -0.25) is 5.10 Å². The van der Waals surface area contributed by atoms with Gasteiger partial charge in [-0.25, -0.2) is 0 Å². The minimum atomic E-state index is -4.73. The summed E-state index contributed by atoms with van der Waals surface area (Å²) in [5.74, 6) is -0.472. The Labute approximate surface area is 157 Å². The van der Waals surface area contributed by atoms with Gasteiger partial charge >= 0.3 is 6.18 Å². The number of aromatic nitrogens is 2. The number of hydrogen-bond donors (Lipinski definition) is 5. The molecule has 2 heterocycles. The summed E-state index contributed by atoms with van der Waals surface area (Å²) in [5, 5.41) is 44.2. The lowest BCUT2D eigenvalue weighted by Crippen LogP contribution is -2.60. The molecular weight excluding hydrogens is 385 g/mol. The Morgan fingerprint density at radius 1 is 1.07 bits per heavy atom. The Hall–Kier alpha value is -2.18. The predicted octanol–water partition coefficient (Wildman–Crippen LogP) is 0.198. The van der Waals surface area contributed by atoms with Gasteiger partial charge in [-0.15, -0.1) is 5.10 Å². The smallest absolute Gasteiger partial charge is 0.433 e. The van der Waals surface area contributed by atoms with Crippen LogP contribution in [-0.4, -0.2) is 67.9 Å². The van der Waals surface area contributed by atoms with Crippen molar-refractivity contribution in [2.45, 2.75) is 43.3 Å². The van der Waals surface area contributed by atoms with E-state index in [9.17, 15) is 33.6 Å². The lowest BCUT2D eigenvalue weighted by molar-refractivity contribution is -0.278. The molecule has 0 radical (unpaired) electrons. The molecule has 0 unspecified atom stereocenters. The summed E-state index contributed by atoms with van der Waals surface area (Å²) in [6, 6.07) is 8.31. The van der Waals surface area contributed by atoms with Crippen LogP contribution in [-0.2, 0) is 17.3 Å². The highest BCUT2D eigenvalue weighted by Gasteiger charge is 2.46. The van der Waals surface area contributed by atoms with Crippen LogP contribution in [0, 0.1) is 0 Å². The third kappa shape index (κ3) is 4.13. The number of ether oxygens (including phenoxy) is 2. The van der Waals surface area contributed by atoms with E-state index >= 15 is 0 Å². The summed E-state index contributed by atoms with van der Waals surface area (Å²) >= 11 is 0. The number of alkyl halides is 3. The fraction of sp³-hybridized carbons (Fsp3) is 0.471. The molecule has 0 aliphatic carbocycles. The van der Waals surface area contributed by atoms with E-state index < -0.39 is 55.1 Å². The van der Waals surface area contributed by atoms with Gasteiger partial charge in [0, 0.05) is 6.42 Å². The van der Waals surface area contributed by atoms with Crippen LogP contribution in [0.4, 0.5) is 13.2 Å². The van der Waals surface area contributed by atoms with Crippen molar-refractivity contribution in [3.63, 3.8) is 0 Å². The molecule has 1 aromatic heterocycles. The minimum Gasteiger partial charge on any atom is -0.443 e. The van der Waals surface area contributed by atoms with Crippen LogP contribution in [0.25, 0.3) is 0 Å². The van der Waals surface area contributed by atoms with Crippen LogP contribution < -0.4 is 4.74 Å². The zero-order chi connectivity index (χ0) is 20.5. The molecule has 1 fully saturated rings. The van der Waals surface area contributed by atoms with Gasteiger partial charge in [0.1, 0.15) is 30.1 Å². The molecule has 5 N–H and O–H groups in total. The Balaban J connectivity index is 1.90. The van der Waals surface area contributed by atoms with Crippen LogP contribution in [0.1, 0.15) is 16.8 Å². The predicted molar refractivity (Wildman–Crippen MR) is 87.2 cm³/mol. The van der Waals surface area contributed by atoms with Gasteiger partial charge in [0.05, 0.1) is 12.2 Å². The number of hydrogen-bond acceptors (Lipinski definition) is 7. The molecule has 154 valence electrons. The Kier molecular flexibility index (Phi) is 5.91. The lowest BCUT2D eigenvalue weighted by atomic mass is 9.99. The number of halogens is 3. The Bertz CT molecular complexity index is 783. The summed E-state index contributed by atoms with van der Waals surface area (Å²) in [6.45, 7) is -0.698. The minimum absolute atomic E-state index is 0.168. The molecule has 8 nitrogen and oxygen atoms in total. The zero-order valence-corrected chi connectivity index (χ0v) is 14.4. The summed E-state index contributed by atoms with van der Waals surface area (Å²) in [4.78, 5) is 0. The third-order valence-electron chi connectivity index (χ3n) is 4.41. The fourth-order valence-corrected chi connectivity index (χ4v) is 2.92. The van der Waals surface area contributed by atoms with E-state index in [1.165, 1.54) is 0 Å². The average molecular weight is 404 g/mol. The first-order chi connectivity index (χ1) is 13.2. The Morgan fingerprint density at radius 2 is 1.75 bits per heavy atom. The number of rotatable bonds is 5. The van der Waals surface area contributed by atoms with E-state index in [4.69, 9.17) is 9.47 Å². The maximum absolute atomic E-state index is 13.3. The number of aliphatic hydroxyl groups is 4. The van der Waals surface area contributed by atoms with E-state index in [1.54, 1.807) is 30.3 Å². The molecule has 5 atom stereocenters. The first kappa shape index (κ1) is 20.6. The monoisotopic (exact) mass is 404 g/mol. The molecule has 1 aliphatic rings. The highest BCUT2D eigenvalue weighted by atomic mass is 19.4. The fourth-order valence-electron chi connectivity index (χ4n) is 2.92. The van der Waals surface area contributed by atoms with Crippen molar-refractivity contribution in [2.24, 2.45) is 0 Å². The van der Waals surface area contributed by atoms with Crippen molar-refractivity contribution in [2.75, 3.05) is 6.61 Å². The molecular formula is C17H19F3N2O6. The van der Waals surface area contributed by atoms with E-state index in [-0.39, 0.29) is 12.0 Å². The highest BCUT2D eigenvalue weighted by Crippen LogP contribution is 2.36. The molecule has 2 aromatic rings. The molecule has 0 saturated carbocycles. The number of benzene rings is 1. The van der Waals surface area contributed by atoms with Crippen molar-refractivity contribution >= 4 is 0 Å². The second-order valence-electron chi connectivity index (χ2n) is 6.36. The maximum atomic E-state index is 13.3. The molecule has 28 heavy (non-hydrogen) atoms. The summed E-state index contributed by atoms with van der Waals surface area (Å²) in [6.07, 6.45) is -12.9. The third-order valence-corrected chi connectivity index (χ3v) is 4.41. The molecule has 0 spiro atoms. The number of nitrogens with one attached hydrogen (secondary N) is 1. The molecule has 1 saturated heterocycles. The normalized spacial score (nSPS) is 28.3. The SMILES string of the molecule is OC[C@H]1O[C@@H](Oc2n[nH]c(C(F)(F)F)c2Cc2ccccc2)[C@H](O)[C@@H](O)[C@@H]1O. The lowest BCUT2D eigenvalue weighted by Gasteiger charge is -2.39. The largest absolute Gasteiger partial charge is 0.443 e. The van der Waals surface area contributed by atoms with Crippen LogP contribution >= 0.6 is 0 Å². The zero-order valence-electron chi connectivity index (χ0n) is 14.4. The topological polar surface area (TPSA) is 128 Å². The van der Waals surface area contributed by atoms with Gasteiger partial charge < -0.3 is 29.9 Å². The van der Waals surface area contributed by atoms with Gasteiger partial charge in [-0.05, 0) is 5.56 Å². The number of aromatic amines is 1. The number of nitrogens with zero attached hydrogens (tertiary/aromatic N) is 1. The van der Waals surface area contributed by atoms with Gasteiger partial charge in [0.25, 0.3) is 0 Å². The molecule has 0 bridgehead atoms. The summed E-state index contributed by atoms with van der Waals surface area (Å²) in [5.41, 5.74) is -0.861. The Morgan fingerprint density at radius 3 is 2.36 bits per heavy atom. The first-order valence-corrected chi connectivity index (χ1v) is 8.38. The average Bonchev–Trinajstić information content (AvgIpc) is 3.05. The van der Waals surface area contributed by atoms with Crippen LogP contribution in [0.2, 0.25) is 0 Å². The van der Waals surface area contributed by atoms with Gasteiger partial charge in [0.15, 0.2) is 0 Å². The highest BCUT2D eigenvalue weighted by molar-refractivity contribution is 5.37. The molecule has 1 aliphatic heterocycles. The molecule has 0 amide bonds. The van der Waals surface area contributed by atoms with Gasteiger partial charge in [-0.2, -0.15) is 13.2 Å². The van der Waals surface area contributed by atoms with E-state index in [0.29, 0.717) is 5.56 Å². The van der Waals surface area contributed by atoms with Crippen LogP contribution in [0.5, 0.6) is 5.88 Å². The molecule has 11 heteroatoms. The van der Waals surface area contributed by atoms with E-state index in [2.05, 4.69) is 5.10 Å². The second kappa shape index (κ2) is 8.05. The van der Waals surface area contributed by atoms with Crippen molar-refractivity contribution in [3.8, 4) is 5.88 Å². The van der Waals surface area contributed by atoms with E-state index in [1.807, 2.05) is 5.10 Å². The standard InChI is InChI=1S/C17H19F3N2O6/c18-17(19,20)14-9(6-8-4-2-1-3-5-8)15(22-21-14)28-16-13(26)12(25)11(24)10(7-23)27-16/h1-5,10-13,16,23-26H,6-7H2,(H,21,22)/t10-,11-,12+,13-,16+/m1/s1.